The summed E-state index contributed by atoms with van der Waals surface area (Å²) in [6.07, 6.45) is 1.88. The molecule has 2 aliphatic heterocycles. The van der Waals surface area contributed by atoms with Crippen LogP contribution in [0.1, 0.15) is 16.7 Å². The van der Waals surface area contributed by atoms with E-state index in [0.29, 0.717) is 24.7 Å². The molecule has 0 N–H and O–H groups in total. The number of amidine groups is 1. The van der Waals surface area contributed by atoms with Crippen LogP contribution in [0.3, 0.4) is 0 Å². The van der Waals surface area contributed by atoms with E-state index in [-0.39, 0.29) is 5.91 Å². The topological polar surface area (TPSA) is 51.1 Å². The summed E-state index contributed by atoms with van der Waals surface area (Å²) >= 11 is 1.43. The van der Waals surface area contributed by atoms with Crippen molar-refractivity contribution in [2.24, 2.45) is 4.99 Å². The van der Waals surface area contributed by atoms with Gasteiger partial charge in [-0.2, -0.15) is 4.99 Å². The Labute approximate surface area is 169 Å². The number of hydrogen-bond acceptors (Lipinski definition) is 5. The van der Waals surface area contributed by atoms with Crippen LogP contribution in [0.25, 0.3) is 6.08 Å². The third-order valence-electron chi connectivity index (χ3n) is 4.59. The van der Waals surface area contributed by atoms with Gasteiger partial charge in [-0.1, -0.05) is 42.0 Å². The van der Waals surface area contributed by atoms with Gasteiger partial charge in [0.25, 0.3) is 5.91 Å². The van der Waals surface area contributed by atoms with E-state index in [1.54, 1.807) is 0 Å². The summed E-state index contributed by atoms with van der Waals surface area (Å²) in [7, 11) is 0. The zero-order chi connectivity index (χ0) is 19.3. The Bertz CT molecular complexity index is 898. The predicted octanol–water partition coefficient (Wildman–Crippen LogP) is 3.88. The summed E-state index contributed by atoms with van der Waals surface area (Å²) in [4.78, 5) is 19.2. The average Bonchev–Trinajstić information content (AvgIpc) is 3.10. The molecule has 0 spiro atoms. The number of carbonyl (C=O) groups excluding carboxylic acids is 1. The molecule has 5 nitrogen and oxygen atoms in total. The molecule has 0 bridgehead atoms. The van der Waals surface area contributed by atoms with E-state index in [1.807, 2.05) is 30.3 Å². The summed E-state index contributed by atoms with van der Waals surface area (Å²) in [5.74, 6) is 0.629. The molecule has 2 aromatic rings. The lowest BCUT2D eigenvalue weighted by Crippen LogP contribution is -2.38. The van der Waals surface area contributed by atoms with Crippen LogP contribution in [0.4, 0.5) is 0 Å². The summed E-state index contributed by atoms with van der Waals surface area (Å²) in [5.41, 5.74) is 3.33. The summed E-state index contributed by atoms with van der Waals surface area (Å²) in [6, 6.07) is 16.1. The average molecular weight is 394 g/mol. The lowest BCUT2D eigenvalue weighted by atomic mass is 10.1. The second kappa shape index (κ2) is 8.63. The molecule has 2 heterocycles. The molecule has 2 aliphatic rings. The third-order valence-corrected chi connectivity index (χ3v) is 5.64. The zero-order valence-electron chi connectivity index (χ0n) is 15.8. The number of thioether (sulfide) groups is 1. The fraction of sp³-hybridized carbons (Fsp3) is 0.273. The Morgan fingerprint density at radius 1 is 1.11 bits per heavy atom. The van der Waals surface area contributed by atoms with E-state index in [1.165, 1.54) is 17.3 Å². The van der Waals surface area contributed by atoms with Gasteiger partial charge in [-0.15, -0.1) is 0 Å². The van der Waals surface area contributed by atoms with E-state index in [2.05, 4.69) is 41.1 Å². The lowest BCUT2D eigenvalue weighted by Gasteiger charge is -2.27. The van der Waals surface area contributed by atoms with Gasteiger partial charge in [0, 0.05) is 13.1 Å². The van der Waals surface area contributed by atoms with Crippen molar-refractivity contribution in [3.8, 4) is 5.75 Å². The number of nitrogens with zero attached hydrogens (tertiary/aromatic N) is 2. The van der Waals surface area contributed by atoms with Crippen LogP contribution < -0.4 is 4.74 Å². The zero-order valence-corrected chi connectivity index (χ0v) is 16.6. The minimum atomic E-state index is -0.175. The van der Waals surface area contributed by atoms with Crippen molar-refractivity contribution in [1.29, 1.82) is 0 Å². The molecule has 28 heavy (non-hydrogen) atoms. The van der Waals surface area contributed by atoms with Gasteiger partial charge in [-0.25, -0.2) is 0 Å². The normalized spacial score (nSPS) is 18.5. The van der Waals surface area contributed by atoms with E-state index in [9.17, 15) is 4.79 Å². The van der Waals surface area contributed by atoms with Crippen LogP contribution in [-0.4, -0.2) is 42.3 Å². The van der Waals surface area contributed by atoms with E-state index >= 15 is 0 Å². The molecule has 0 atom stereocenters. The van der Waals surface area contributed by atoms with Crippen molar-refractivity contribution in [1.82, 2.24) is 4.90 Å². The van der Waals surface area contributed by atoms with Gasteiger partial charge < -0.3 is 14.4 Å². The monoisotopic (exact) mass is 394 g/mol. The van der Waals surface area contributed by atoms with E-state index in [4.69, 9.17) is 9.47 Å². The van der Waals surface area contributed by atoms with E-state index < -0.39 is 0 Å². The van der Waals surface area contributed by atoms with Crippen molar-refractivity contribution in [2.45, 2.75) is 13.5 Å². The molecule has 1 amide bonds. The Kier molecular flexibility index (Phi) is 5.78. The van der Waals surface area contributed by atoms with Crippen LogP contribution in [0, 0.1) is 6.92 Å². The molecule has 0 unspecified atom stereocenters. The molecule has 1 saturated heterocycles. The van der Waals surface area contributed by atoms with Crippen molar-refractivity contribution in [2.75, 3.05) is 26.3 Å². The molecular formula is C22H22N2O3S. The maximum absolute atomic E-state index is 12.2. The Balaban J connectivity index is 1.36. The Hall–Kier alpha value is -2.57. The minimum absolute atomic E-state index is 0.175. The molecule has 144 valence electrons. The van der Waals surface area contributed by atoms with Crippen molar-refractivity contribution in [3.63, 3.8) is 0 Å². The lowest BCUT2D eigenvalue weighted by molar-refractivity contribution is -0.113. The molecule has 0 radical (unpaired) electrons. The SMILES string of the molecule is Cc1ccc(COc2ccc(C=C3SC(N4CCOCC4)=NC3=O)cc2)cc1. The van der Waals surface area contributed by atoms with Crippen molar-refractivity contribution >= 4 is 28.9 Å². The number of aliphatic imine (C=N–C) groups is 1. The number of amides is 1. The smallest absolute Gasteiger partial charge is 0.286 e. The summed E-state index contributed by atoms with van der Waals surface area (Å²) < 4.78 is 11.2. The first-order chi connectivity index (χ1) is 13.7. The number of carbonyl (C=O) groups is 1. The molecule has 0 saturated carbocycles. The standard InChI is InChI=1S/C22H22N2O3S/c1-16-2-4-18(5-3-16)15-27-19-8-6-17(7-9-19)14-20-21(25)23-22(28-20)24-10-12-26-13-11-24/h2-9,14H,10-13,15H2,1H3. The highest BCUT2D eigenvalue weighted by Gasteiger charge is 2.27. The maximum Gasteiger partial charge on any atom is 0.286 e. The van der Waals surface area contributed by atoms with Gasteiger partial charge in [0.05, 0.1) is 18.1 Å². The number of hydrogen-bond donors (Lipinski definition) is 0. The molecule has 2 aromatic carbocycles. The van der Waals surface area contributed by atoms with Crippen molar-refractivity contribution < 1.29 is 14.3 Å². The van der Waals surface area contributed by atoms with Gasteiger partial charge in [0.15, 0.2) is 5.17 Å². The second-order valence-electron chi connectivity index (χ2n) is 6.75. The highest BCUT2D eigenvalue weighted by atomic mass is 32.2. The van der Waals surface area contributed by atoms with Gasteiger partial charge in [-0.05, 0) is 48.0 Å². The van der Waals surface area contributed by atoms with Crippen LogP contribution in [-0.2, 0) is 16.1 Å². The number of ether oxygens (including phenoxy) is 2. The van der Waals surface area contributed by atoms with Gasteiger partial charge in [-0.3, -0.25) is 4.79 Å². The molecule has 0 aliphatic carbocycles. The van der Waals surface area contributed by atoms with Crippen molar-refractivity contribution in [3.05, 3.63) is 70.1 Å². The fourth-order valence-electron chi connectivity index (χ4n) is 2.95. The maximum atomic E-state index is 12.2. The Morgan fingerprint density at radius 3 is 2.54 bits per heavy atom. The largest absolute Gasteiger partial charge is 0.489 e. The molecular weight excluding hydrogens is 372 g/mol. The quantitative estimate of drug-likeness (QED) is 0.737. The van der Waals surface area contributed by atoms with Gasteiger partial charge >= 0.3 is 0 Å². The number of aryl methyl sites for hydroxylation is 1. The van der Waals surface area contributed by atoms with Crippen LogP contribution in [0.15, 0.2) is 58.4 Å². The molecule has 1 fully saturated rings. The Morgan fingerprint density at radius 2 is 1.82 bits per heavy atom. The molecule has 0 aromatic heterocycles. The predicted molar refractivity (Wildman–Crippen MR) is 112 cm³/mol. The van der Waals surface area contributed by atoms with Crippen LogP contribution in [0.5, 0.6) is 5.75 Å². The number of rotatable bonds is 4. The van der Waals surface area contributed by atoms with Gasteiger partial charge in [0.1, 0.15) is 12.4 Å². The first-order valence-corrected chi connectivity index (χ1v) is 10.1. The summed E-state index contributed by atoms with van der Waals surface area (Å²) in [6.45, 7) is 5.51. The van der Waals surface area contributed by atoms with Gasteiger partial charge in [0.2, 0.25) is 0 Å². The number of benzene rings is 2. The second-order valence-corrected chi connectivity index (χ2v) is 7.76. The first kappa shape index (κ1) is 18.8. The fourth-order valence-corrected chi connectivity index (χ4v) is 3.92. The highest BCUT2D eigenvalue weighted by molar-refractivity contribution is 8.18. The van der Waals surface area contributed by atoms with Crippen LogP contribution in [0.2, 0.25) is 0 Å². The number of morpholine rings is 1. The van der Waals surface area contributed by atoms with Crippen LogP contribution >= 0.6 is 11.8 Å². The minimum Gasteiger partial charge on any atom is -0.489 e. The first-order valence-electron chi connectivity index (χ1n) is 9.31. The molecule has 6 heteroatoms. The molecule has 4 rings (SSSR count). The summed E-state index contributed by atoms with van der Waals surface area (Å²) in [5, 5.41) is 0.776. The van der Waals surface area contributed by atoms with E-state index in [0.717, 1.165) is 35.1 Å². The highest BCUT2D eigenvalue weighted by Crippen LogP contribution is 2.30. The third kappa shape index (κ3) is 4.64.